The first-order valence-corrected chi connectivity index (χ1v) is 9.45. The van der Waals surface area contributed by atoms with Gasteiger partial charge in [-0.05, 0) is 30.3 Å². The Balaban J connectivity index is 1.51. The number of thioether (sulfide) groups is 1. The molecule has 0 saturated heterocycles. The Bertz CT molecular complexity index is 770. The van der Waals surface area contributed by atoms with Crippen LogP contribution in [0.2, 0.25) is 0 Å². The molecular weight excluding hydrogens is 380 g/mol. The standard InChI is InChI=1S/C16H13BrN2OS2/c17-11-4-3-5-12(8-11)18-15(20)9-21-10-16-19-13-6-1-2-7-14(13)22-16/h1-8H,9-10H2,(H,18,20). The maximum Gasteiger partial charge on any atom is 0.234 e. The first-order chi connectivity index (χ1) is 10.7. The molecule has 3 nitrogen and oxygen atoms in total. The van der Waals surface area contributed by atoms with Crippen LogP contribution in [0.25, 0.3) is 10.2 Å². The minimum Gasteiger partial charge on any atom is -0.325 e. The van der Waals surface area contributed by atoms with Crippen molar-refractivity contribution in [3.63, 3.8) is 0 Å². The summed E-state index contributed by atoms with van der Waals surface area (Å²) in [7, 11) is 0. The maximum atomic E-state index is 11.9. The number of hydrogen-bond donors (Lipinski definition) is 1. The topological polar surface area (TPSA) is 42.0 Å². The quantitative estimate of drug-likeness (QED) is 0.668. The highest BCUT2D eigenvalue weighted by Gasteiger charge is 2.06. The van der Waals surface area contributed by atoms with E-state index in [4.69, 9.17) is 0 Å². The molecule has 0 bridgehead atoms. The van der Waals surface area contributed by atoms with Crippen LogP contribution in [0.5, 0.6) is 0 Å². The number of amides is 1. The molecule has 0 aliphatic heterocycles. The number of benzene rings is 2. The van der Waals surface area contributed by atoms with Gasteiger partial charge in [0, 0.05) is 15.9 Å². The molecule has 0 fully saturated rings. The smallest absolute Gasteiger partial charge is 0.234 e. The van der Waals surface area contributed by atoms with Gasteiger partial charge in [-0.25, -0.2) is 4.98 Å². The van der Waals surface area contributed by atoms with Crippen LogP contribution in [0.3, 0.4) is 0 Å². The first kappa shape index (κ1) is 15.5. The Labute approximate surface area is 145 Å². The van der Waals surface area contributed by atoms with E-state index in [0.29, 0.717) is 5.75 Å². The molecule has 22 heavy (non-hydrogen) atoms. The molecule has 0 aliphatic carbocycles. The predicted octanol–water partition coefficient (Wildman–Crippen LogP) is 4.93. The van der Waals surface area contributed by atoms with Gasteiger partial charge < -0.3 is 5.32 Å². The molecule has 112 valence electrons. The van der Waals surface area contributed by atoms with Gasteiger partial charge in [-0.3, -0.25) is 4.79 Å². The molecule has 0 unspecified atom stereocenters. The van der Waals surface area contributed by atoms with Gasteiger partial charge in [0.05, 0.1) is 16.0 Å². The first-order valence-electron chi connectivity index (χ1n) is 6.68. The summed E-state index contributed by atoms with van der Waals surface area (Å²) in [6.07, 6.45) is 0. The number of nitrogens with zero attached hydrogens (tertiary/aromatic N) is 1. The lowest BCUT2D eigenvalue weighted by Crippen LogP contribution is -2.14. The predicted molar refractivity (Wildman–Crippen MR) is 98.6 cm³/mol. The molecule has 0 aliphatic rings. The maximum absolute atomic E-state index is 11.9. The van der Waals surface area contributed by atoms with Gasteiger partial charge in [0.2, 0.25) is 5.91 Å². The van der Waals surface area contributed by atoms with E-state index >= 15 is 0 Å². The van der Waals surface area contributed by atoms with Crippen molar-refractivity contribution in [3.8, 4) is 0 Å². The van der Waals surface area contributed by atoms with E-state index in [0.717, 1.165) is 26.4 Å². The van der Waals surface area contributed by atoms with Crippen LogP contribution in [0.4, 0.5) is 5.69 Å². The molecule has 0 radical (unpaired) electrons. The van der Waals surface area contributed by atoms with Gasteiger partial charge in [-0.15, -0.1) is 23.1 Å². The van der Waals surface area contributed by atoms with E-state index in [1.165, 1.54) is 4.70 Å². The number of carbonyl (C=O) groups is 1. The van der Waals surface area contributed by atoms with Crippen molar-refractivity contribution in [2.24, 2.45) is 0 Å². The van der Waals surface area contributed by atoms with Crippen molar-refractivity contribution in [1.82, 2.24) is 4.98 Å². The summed E-state index contributed by atoms with van der Waals surface area (Å²) in [5.74, 6) is 1.18. The fourth-order valence-corrected chi connectivity index (χ4v) is 4.22. The van der Waals surface area contributed by atoms with Crippen molar-refractivity contribution in [2.75, 3.05) is 11.1 Å². The highest BCUT2D eigenvalue weighted by molar-refractivity contribution is 9.10. The van der Waals surface area contributed by atoms with Crippen LogP contribution in [0.1, 0.15) is 5.01 Å². The number of carbonyl (C=O) groups excluding carboxylic acids is 1. The number of rotatable bonds is 5. The molecule has 1 aromatic heterocycles. The van der Waals surface area contributed by atoms with E-state index < -0.39 is 0 Å². The minimum absolute atomic E-state index is 0.00390. The molecule has 1 N–H and O–H groups in total. The molecule has 0 saturated carbocycles. The van der Waals surface area contributed by atoms with Crippen molar-refractivity contribution < 1.29 is 4.79 Å². The molecule has 3 rings (SSSR count). The third kappa shape index (κ3) is 4.09. The summed E-state index contributed by atoms with van der Waals surface area (Å²) >= 11 is 6.65. The summed E-state index contributed by atoms with van der Waals surface area (Å²) in [6.45, 7) is 0. The third-order valence-electron chi connectivity index (χ3n) is 2.91. The van der Waals surface area contributed by atoms with Gasteiger partial charge in [0.25, 0.3) is 0 Å². The van der Waals surface area contributed by atoms with E-state index in [1.807, 2.05) is 42.5 Å². The summed E-state index contributed by atoms with van der Waals surface area (Å²) < 4.78 is 2.14. The number of thiazole rings is 1. The van der Waals surface area contributed by atoms with E-state index in [9.17, 15) is 4.79 Å². The number of nitrogens with one attached hydrogen (secondary N) is 1. The number of anilines is 1. The third-order valence-corrected chi connectivity index (χ3v) is 5.56. The number of fused-ring (bicyclic) bond motifs is 1. The van der Waals surface area contributed by atoms with Crippen molar-refractivity contribution in [3.05, 3.63) is 58.0 Å². The van der Waals surface area contributed by atoms with Crippen molar-refractivity contribution in [1.29, 1.82) is 0 Å². The summed E-state index contributed by atoms with van der Waals surface area (Å²) in [5.41, 5.74) is 1.83. The number of aromatic nitrogens is 1. The molecule has 6 heteroatoms. The Kier molecular flexibility index (Phi) is 5.12. The van der Waals surface area contributed by atoms with Gasteiger partial charge in [-0.2, -0.15) is 0 Å². The zero-order valence-corrected chi connectivity index (χ0v) is 14.8. The van der Waals surface area contributed by atoms with Crippen LogP contribution >= 0.6 is 39.0 Å². The Morgan fingerprint density at radius 1 is 1.23 bits per heavy atom. The van der Waals surface area contributed by atoms with Crippen LogP contribution < -0.4 is 5.32 Å². The number of para-hydroxylation sites is 1. The second kappa shape index (κ2) is 7.26. The van der Waals surface area contributed by atoms with Crippen LogP contribution in [-0.4, -0.2) is 16.6 Å². The average Bonchev–Trinajstić information content (AvgIpc) is 2.90. The lowest BCUT2D eigenvalue weighted by atomic mass is 10.3. The summed E-state index contributed by atoms with van der Waals surface area (Å²) in [6, 6.07) is 15.7. The Hall–Kier alpha value is -1.37. The lowest BCUT2D eigenvalue weighted by molar-refractivity contribution is -0.113. The van der Waals surface area contributed by atoms with Gasteiger partial charge >= 0.3 is 0 Å². The second-order valence-corrected chi connectivity index (χ2v) is 7.64. The molecule has 2 aromatic carbocycles. The van der Waals surface area contributed by atoms with Crippen molar-refractivity contribution in [2.45, 2.75) is 5.75 Å². The summed E-state index contributed by atoms with van der Waals surface area (Å²) in [5, 5.41) is 3.95. The minimum atomic E-state index is 0.00390. The van der Waals surface area contributed by atoms with Crippen LogP contribution in [0.15, 0.2) is 53.0 Å². The molecule has 1 heterocycles. The molecule has 0 spiro atoms. The zero-order valence-electron chi connectivity index (χ0n) is 11.6. The molecular formula is C16H13BrN2OS2. The van der Waals surface area contributed by atoms with Gasteiger partial charge in [0.1, 0.15) is 5.01 Å². The number of hydrogen-bond acceptors (Lipinski definition) is 4. The average molecular weight is 393 g/mol. The normalized spacial score (nSPS) is 10.8. The zero-order chi connectivity index (χ0) is 15.4. The second-order valence-electron chi connectivity index (χ2n) is 4.63. The fraction of sp³-hybridized carbons (Fsp3) is 0.125. The van der Waals surface area contributed by atoms with Gasteiger partial charge in [0.15, 0.2) is 0 Å². The SMILES string of the molecule is O=C(CSCc1nc2ccccc2s1)Nc1cccc(Br)c1. The van der Waals surface area contributed by atoms with Crippen LogP contribution in [0, 0.1) is 0 Å². The lowest BCUT2D eigenvalue weighted by Gasteiger charge is -2.04. The van der Waals surface area contributed by atoms with Gasteiger partial charge in [-0.1, -0.05) is 34.1 Å². The molecule has 1 amide bonds. The Morgan fingerprint density at radius 3 is 2.91 bits per heavy atom. The largest absolute Gasteiger partial charge is 0.325 e. The van der Waals surface area contributed by atoms with E-state index in [-0.39, 0.29) is 5.91 Å². The number of halogens is 1. The fourth-order valence-electron chi connectivity index (χ4n) is 1.98. The Morgan fingerprint density at radius 2 is 2.09 bits per heavy atom. The van der Waals surface area contributed by atoms with Crippen molar-refractivity contribution >= 4 is 60.8 Å². The van der Waals surface area contributed by atoms with Crippen LogP contribution in [-0.2, 0) is 10.5 Å². The molecule has 0 atom stereocenters. The summed E-state index contributed by atoms with van der Waals surface area (Å²) in [4.78, 5) is 16.5. The highest BCUT2D eigenvalue weighted by atomic mass is 79.9. The van der Waals surface area contributed by atoms with E-state index in [2.05, 4.69) is 32.3 Å². The molecule has 3 aromatic rings. The highest BCUT2D eigenvalue weighted by Crippen LogP contribution is 2.24. The van der Waals surface area contributed by atoms with E-state index in [1.54, 1.807) is 23.1 Å². The monoisotopic (exact) mass is 392 g/mol.